The van der Waals surface area contributed by atoms with E-state index in [2.05, 4.69) is 53.2 Å². The Balaban J connectivity index is 0.615. The van der Waals surface area contributed by atoms with Gasteiger partial charge in [-0.2, -0.15) is 11.8 Å². The van der Waals surface area contributed by atoms with Crippen LogP contribution in [0.1, 0.15) is 75.6 Å². The molecule has 28 N–H and O–H groups in total. The number of ether oxygens (including phenoxy) is 16. The third kappa shape index (κ3) is 32.3. The van der Waals surface area contributed by atoms with Gasteiger partial charge in [-0.3, -0.25) is 38.4 Å². The zero-order chi connectivity index (χ0) is 101. The fourth-order valence-corrected chi connectivity index (χ4v) is 17.9. The fourth-order valence-electron chi connectivity index (χ4n) is 16.4. The highest BCUT2D eigenvalue weighted by Crippen LogP contribution is 2.38. The SMILES string of the molecule is CC(=O)NC1C(O)[C@H](O[C@@H]2OC(CO)[C@H](O)C(O[C@H]3OC(CO)[C@H](O)C(O)C3O)C2O)C(CO)O[C@H]1OCCCNC(=O)CCOCCNC(=O)COc1ccc(-c2cc(OCC(=O)NCCOCCC(=O)NCCCO[C@@H]3OC(CO)[C@@H](O[C@@H]4OC(CO)[C@H](O)C(O[C@H]5OC(CO)[C@H](O)C(O)C5O)C4O)C(O)[C@@H]3NC(C)=O)cc(C(=O)NCCNC(=O)CCCC[C@@H]3SC[C@@H]4NC(=O)N[C@@H]43)c2)cc1. The molecular formula is C85H132N10O43S. The highest BCUT2D eigenvalue weighted by molar-refractivity contribution is 8.00. The summed E-state index contributed by atoms with van der Waals surface area (Å²) in [5, 5.41) is 218. The lowest BCUT2D eigenvalue weighted by atomic mass is 9.95. The molecule has 17 unspecified atom stereocenters. The molecular weight excluding hydrogens is 1880 g/mol. The number of aliphatic hydroxyl groups excluding tert-OH is 18. The number of carbonyl (C=O) groups is 9. The van der Waals surface area contributed by atoms with E-state index >= 15 is 0 Å². The molecule has 33 atom stereocenters. The first kappa shape index (κ1) is 113. The van der Waals surface area contributed by atoms with Crippen LogP contribution in [0.4, 0.5) is 4.79 Å². The van der Waals surface area contributed by atoms with Gasteiger partial charge in [-0.1, -0.05) is 18.6 Å². The molecule has 2 aromatic rings. The first-order chi connectivity index (χ1) is 66.7. The van der Waals surface area contributed by atoms with Gasteiger partial charge >= 0.3 is 6.03 Å². The summed E-state index contributed by atoms with van der Waals surface area (Å²) in [5.41, 5.74) is 1.17. The number of nitrogens with one attached hydrogen (secondary N) is 10. The van der Waals surface area contributed by atoms with Crippen molar-refractivity contribution in [2.75, 3.05) is 138 Å². The summed E-state index contributed by atoms with van der Waals surface area (Å²) < 4.78 is 91.3. The van der Waals surface area contributed by atoms with Gasteiger partial charge < -0.3 is 221 Å². The van der Waals surface area contributed by atoms with Gasteiger partial charge in [0.25, 0.3) is 17.7 Å². The summed E-state index contributed by atoms with van der Waals surface area (Å²) in [6.07, 6.45) is -46.0. The number of hydrogen-bond acceptors (Lipinski definition) is 44. The van der Waals surface area contributed by atoms with Crippen LogP contribution in [-0.2, 0) is 99.9 Å². The quantitative estimate of drug-likeness (QED) is 0.0216. The normalized spacial score (nSPS) is 33.8. The number of hydrogen-bond donors (Lipinski definition) is 28. The van der Waals surface area contributed by atoms with E-state index in [-0.39, 0.29) is 152 Å². The molecule has 0 saturated carbocycles. The minimum absolute atomic E-state index is 0.000881. The maximum atomic E-state index is 13.8. The van der Waals surface area contributed by atoms with E-state index in [1.54, 1.807) is 48.2 Å². The highest BCUT2D eigenvalue weighted by Gasteiger charge is 2.58. The number of thioether (sulfide) groups is 1. The van der Waals surface area contributed by atoms with E-state index in [0.29, 0.717) is 23.3 Å². The van der Waals surface area contributed by atoms with Crippen molar-refractivity contribution in [1.29, 1.82) is 0 Å². The first-order valence-electron chi connectivity index (χ1n) is 45.8. The molecule has 0 aromatic heterocycles. The summed E-state index contributed by atoms with van der Waals surface area (Å²) >= 11 is 1.79. The van der Waals surface area contributed by atoms with E-state index < -0.39 is 278 Å². The largest absolute Gasteiger partial charge is 0.484 e. The van der Waals surface area contributed by atoms with E-state index in [4.69, 9.17) is 75.8 Å². The van der Waals surface area contributed by atoms with Crippen LogP contribution in [0.5, 0.6) is 11.5 Å². The fraction of sp³-hybridized carbons (Fsp3) is 0.753. The van der Waals surface area contributed by atoms with Crippen LogP contribution in [-0.4, -0.2) is 484 Å². The summed E-state index contributed by atoms with van der Waals surface area (Å²) in [6.45, 7) is -3.76. The Morgan fingerprint density at radius 1 is 0.381 bits per heavy atom. The molecule has 0 aliphatic carbocycles. The predicted octanol–water partition coefficient (Wildman–Crippen LogP) is -13.0. The first-order valence-corrected chi connectivity index (χ1v) is 46.8. The second-order valence-corrected chi connectivity index (χ2v) is 35.3. The van der Waals surface area contributed by atoms with Crippen LogP contribution >= 0.6 is 11.8 Å². The molecule has 10 rings (SSSR count). The van der Waals surface area contributed by atoms with Gasteiger partial charge in [0.2, 0.25) is 29.5 Å². The Morgan fingerprint density at radius 2 is 0.791 bits per heavy atom. The van der Waals surface area contributed by atoms with Crippen LogP contribution in [0.3, 0.4) is 0 Å². The highest BCUT2D eigenvalue weighted by atomic mass is 32.2. The van der Waals surface area contributed by atoms with Gasteiger partial charge in [-0.15, -0.1) is 0 Å². The predicted molar refractivity (Wildman–Crippen MR) is 467 cm³/mol. The molecule has 10 amide bonds. The summed E-state index contributed by atoms with van der Waals surface area (Å²) in [6, 6.07) is 8.30. The maximum absolute atomic E-state index is 13.8. The van der Waals surface area contributed by atoms with E-state index in [1.807, 2.05) is 0 Å². The number of benzene rings is 2. The van der Waals surface area contributed by atoms with Gasteiger partial charge in [-0.25, -0.2) is 4.79 Å². The molecule has 8 aliphatic rings. The van der Waals surface area contributed by atoms with Crippen molar-refractivity contribution in [3.05, 3.63) is 48.0 Å². The number of carbonyl (C=O) groups excluding carboxylic acids is 9. The van der Waals surface area contributed by atoms with Crippen LogP contribution in [0, 0.1) is 0 Å². The number of rotatable bonds is 54. The van der Waals surface area contributed by atoms with Gasteiger partial charge in [0.05, 0.1) is 91.4 Å². The van der Waals surface area contributed by atoms with Crippen molar-refractivity contribution in [1.82, 2.24) is 53.2 Å². The Hall–Kier alpha value is -7.86. The summed E-state index contributed by atoms with van der Waals surface area (Å²) in [7, 11) is 0. The van der Waals surface area contributed by atoms with Crippen molar-refractivity contribution >= 4 is 65.1 Å². The average molecular weight is 2010 g/mol. The van der Waals surface area contributed by atoms with Gasteiger partial charge in [0.15, 0.2) is 51.0 Å². The Bertz CT molecular complexity index is 4170. The zero-order valence-electron chi connectivity index (χ0n) is 76.3. The van der Waals surface area contributed by atoms with Crippen LogP contribution < -0.4 is 62.6 Å². The number of urea groups is 1. The van der Waals surface area contributed by atoms with E-state index in [0.717, 1.165) is 32.4 Å². The smallest absolute Gasteiger partial charge is 0.315 e. The minimum atomic E-state index is -2.02. The molecule has 0 radical (unpaired) electrons. The Labute approximate surface area is 800 Å². The number of unbranched alkanes of at least 4 members (excludes halogenated alkanes) is 1. The van der Waals surface area contributed by atoms with Crippen molar-refractivity contribution in [2.45, 2.75) is 267 Å². The van der Waals surface area contributed by atoms with Crippen molar-refractivity contribution in [3.63, 3.8) is 0 Å². The molecule has 8 saturated heterocycles. The second kappa shape index (κ2) is 56.4. The molecule has 8 aliphatic heterocycles. The van der Waals surface area contributed by atoms with Crippen LogP contribution in [0.2, 0.25) is 0 Å². The lowest BCUT2D eigenvalue weighted by Gasteiger charge is -2.48. The maximum Gasteiger partial charge on any atom is 0.315 e. The molecule has 8 fully saturated rings. The minimum Gasteiger partial charge on any atom is -0.484 e. The lowest BCUT2D eigenvalue weighted by molar-refractivity contribution is -0.376. The molecule has 8 heterocycles. The van der Waals surface area contributed by atoms with Crippen LogP contribution in [0.15, 0.2) is 42.5 Å². The van der Waals surface area contributed by atoms with Gasteiger partial charge in [0, 0.05) is 88.9 Å². The summed E-state index contributed by atoms with van der Waals surface area (Å²) in [5.74, 6) is -2.71. The van der Waals surface area contributed by atoms with Crippen molar-refractivity contribution < 1.29 is 211 Å². The monoisotopic (exact) mass is 2010 g/mol. The third-order valence-corrected chi connectivity index (χ3v) is 25.3. The second-order valence-electron chi connectivity index (χ2n) is 34.0. The number of amides is 10. The lowest BCUT2D eigenvalue weighted by Crippen LogP contribution is -2.68. The molecule has 786 valence electrons. The van der Waals surface area contributed by atoms with E-state index in [1.165, 1.54) is 6.07 Å². The molecule has 2 aromatic carbocycles. The van der Waals surface area contributed by atoms with E-state index in [9.17, 15) is 135 Å². The van der Waals surface area contributed by atoms with Crippen LogP contribution in [0.25, 0.3) is 11.1 Å². The zero-order valence-corrected chi connectivity index (χ0v) is 77.1. The number of aliphatic hydroxyl groups is 18. The van der Waals surface area contributed by atoms with Gasteiger partial charge in [-0.05, 0) is 67.1 Å². The average Bonchev–Trinajstić information content (AvgIpc) is 1.65. The molecule has 0 bridgehead atoms. The Kier molecular flexibility index (Phi) is 45.9. The standard InChI is InChI=1S/C85H132N10O43S/c1-39(102)92-60-66(113)74(135-83-72(119)76(64(111)49(32-98)131-83)137-81-70(117)68(115)62(109)47(30-96)129-81)51(34-100)133-79(60)125-21-5-15-86-55(105)13-23-123-25-19-89-57(107)36-127-44-11-9-41(10-12-44)42-27-43(78(121)91-18-17-88-54(104)8-4-3-7-53-59-46(38-139-53)94-85(122)95-59)29-45(28-42)128-37-58(108)90-20-26-124-24-14-56(106)87-16-6-22-126-80-61(93-40(2)103)67(114)75(52(35-101)134-80)136-84-73(120)77(65(112)50(33-99)132-84)138-82-71(118)69(116)63(110)48(31-97)130-82/h9-12,27-29,46-53,59-77,79-84,96-101,109-120H,3-8,13-26,30-38H2,1-2H3,(H,86,105)(H,87,106)(H,88,104)(H,89,107)(H,90,108)(H,91,121)(H,92,102)(H,93,103)(H2,94,95,122)/t46-,47?,48?,49?,50?,51?,52?,53-,59-,60?,61-,62-,63-,64-,65-,66?,67?,68?,69?,70?,71?,72?,73?,74+,75+,76?,77?,79+,80+,81+,82+,83-,84-/m0/s1. The van der Waals surface area contributed by atoms with Gasteiger partial charge in [0.1, 0.15) is 158 Å². The number of fused-ring (bicyclic) bond motifs is 1. The molecule has 0 spiro atoms. The van der Waals surface area contributed by atoms with Crippen molar-refractivity contribution in [3.8, 4) is 22.6 Å². The molecule has 54 heteroatoms. The molecule has 53 nitrogen and oxygen atoms in total. The topological polar surface area (TPSA) is 786 Å². The Morgan fingerprint density at radius 3 is 1.25 bits per heavy atom. The summed E-state index contributed by atoms with van der Waals surface area (Å²) in [4.78, 5) is 115. The molecule has 139 heavy (non-hydrogen) atoms. The third-order valence-electron chi connectivity index (χ3n) is 23.8. The van der Waals surface area contributed by atoms with Crippen molar-refractivity contribution in [2.24, 2.45) is 0 Å².